The third kappa shape index (κ3) is 6.12. The smallest absolute Gasteiger partial charge is 0.250 e. The van der Waals surface area contributed by atoms with Crippen molar-refractivity contribution in [1.82, 2.24) is 19.1 Å². The van der Waals surface area contributed by atoms with Crippen LogP contribution in [0.2, 0.25) is 0 Å². The normalized spacial score (nSPS) is 14.1. The third-order valence-corrected chi connectivity index (χ3v) is 8.47. The first-order valence-corrected chi connectivity index (χ1v) is 14.7. The second kappa shape index (κ2) is 11.9. The van der Waals surface area contributed by atoms with Gasteiger partial charge in [0.15, 0.2) is 5.69 Å². The monoisotopic (exact) mass is 589 g/mol. The molecule has 0 radical (unpaired) electrons. The maximum absolute atomic E-state index is 13.4. The van der Waals surface area contributed by atoms with Crippen LogP contribution in [0.3, 0.4) is 0 Å². The van der Waals surface area contributed by atoms with Crippen molar-refractivity contribution in [2.24, 2.45) is 13.0 Å². The summed E-state index contributed by atoms with van der Waals surface area (Å²) >= 11 is 0. The Morgan fingerprint density at radius 1 is 1.00 bits per heavy atom. The summed E-state index contributed by atoms with van der Waals surface area (Å²) in [5.74, 6) is 0.339. The van der Waals surface area contributed by atoms with E-state index in [0.717, 1.165) is 22.2 Å². The van der Waals surface area contributed by atoms with E-state index < -0.39 is 27.4 Å². The highest BCUT2D eigenvalue weighted by molar-refractivity contribution is 7.89. The van der Waals surface area contributed by atoms with E-state index in [-0.39, 0.29) is 22.1 Å². The summed E-state index contributed by atoms with van der Waals surface area (Å²) in [5.41, 5.74) is 2.19. The fourth-order valence-corrected chi connectivity index (χ4v) is 6.09. The minimum absolute atomic E-state index is 0.00474. The van der Waals surface area contributed by atoms with E-state index in [2.05, 4.69) is 9.82 Å². The van der Waals surface area contributed by atoms with Crippen molar-refractivity contribution >= 4 is 26.6 Å². The molecule has 0 amide bonds. The second-order valence-electron chi connectivity index (χ2n) is 10.3. The van der Waals surface area contributed by atoms with Gasteiger partial charge in [-0.1, -0.05) is 44.2 Å². The highest BCUT2D eigenvalue weighted by Crippen LogP contribution is 2.32. The van der Waals surface area contributed by atoms with Crippen LogP contribution in [0.4, 0.5) is 5.69 Å². The van der Waals surface area contributed by atoms with Crippen LogP contribution in [-0.4, -0.2) is 34.0 Å². The number of nitrogens with one attached hydrogen (secondary N) is 2. The summed E-state index contributed by atoms with van der Waals surface area (Å²) in [6, 6.07) is 22.5. The Labute approximate surface area is 242 Å². The third-order valence-electron chi connectivity index (χ3n) is 6.99. The molecule has 0 aliphatic heterocycles. The summed E-state index contributed by atoms with van der Waals surface area (Å²) in [5, 5.41) is 24.6. The minimum Gasteiger partial charge on any atom is -0.595 e. The predicted molar refractivity (Wildman–Crippen MR) is 157 cm³/mol. The molecule has 0 saturated heterocycles. The molecule has 11 nitrogen and oxygen atoms in total. The molecule has 0 spiro atoms. The number of fused-ring (bicyclic) bond motifs is 1. The van der Waals surface area contributed by atoms with Crippen LogP contribution in [0.15, 0.2) is 107 Å². The van der Waals surface area contributed by atoms with Crippen LogP contribution in [0, 0.1) is 11.1 Å². The molecule has 0 aliphatic carbocycles. The first kappa shape index (κ1) is 29.2. The number of pyridine rings is 1. The predicted octanol–water partition coefficient (Wildman–Crippen LogP) is 3.25. The van der Waals surface area contributed by atoms with Gasteiger partial charge in [0, 0.05) is 36.8 Å². The number of ether oxygens (including phenoxy) is 1. The van der Waals surface area contributed by atoms with Crippen molar-refractivity contribution in [2.75, 3.05) is 0 Å². The molecule has 2 heterocycles. The average molecular weight is 590 g/mol. The number of hydrogen-bond acceptors (Lipinski definition) is 7. The first-order chi connectivity index (χ1) is 20.0. The van der Waals surface area contributed by atoms with Gasteiger partial charge in [-0.15, -0.1) is 0 Å². The van der Waals surface area contributed by atoms with Gasteiger partial charge in [0.05, 0.1) is 28.3 Å². The Morgan fingerprint density at radius 2 is 1.71 bits per heavy atom. The lowest BCUT2D eigenvalue weighted by Crippen LogP contribution is -2.99. The van der Waals surface area contributed by atoms with Crippen LogP contribution >= 0.6 is 0 Å². The van der Waals surface area contributed by atoms with Crippen molar-refractivity contribution < 1.29 is 23.6 Å². The molecule has 0 saturated carbocycles. The minimum atomic E-state index is -4.02. The lowest BCUT2D eigenvalue weighted by atomic mass is 9.94. The zero-order valence-corrected chi connectivity index (χ0v) is 24.0. The van der Waals surface area contributed by atoms with Gasteiger partial charge in [0.2, 0.25) is 15.6 Å². The lowest BCUT2D eigenvalue weighted by Gasteiger charge is -2.31. The molecule has 5 aromatic rings. The van der Waals surface area contributed by atoms with Crippen LogP contribution < -0.4 is 20.2 Å². The summed E-state index contributed by atoms with van der Waals surface area (Å²) in [6.45, 7) is 3.81. The molecule has 5 rings (SSSR count). The van der Waals surface area contributed by atoms with Gasteiger partial charge >= 0.3 is 0 Å². The van der Waals surface area contributed by atoms with Gasteiger partial charge in [0.1, 0.15) is 11.9 Å². The number of rotatable bonds is 10. The van der Waals surface area contributed by atoms with E-state index in [9.17, 15) is 23.6 Å². The molecule has 0 aliphatic rings. The molecular formula is C30H31N5O6S. The number of benzene rings is 3. The molecule has 218 valence electrons. The maximum atomic E-state index is 13.4. The zero-order chi connectivity index (χ0) is 30.0. The lowest BCUT2D eigenvalue weighted by molar-refractivity contribution is -0.991. The Kier molecular flexibility index (Phi) is 8.25. The Morgan fingerprint density at radius 3 is 2.36 bits per heavy atom. The van der Waals surface area contributed by atoms with E-state index in [1.165, 1.54) is 34.9 Å². The molecule has 3 aromatic carbocycles. The molecule has 3 N–H and O–H groups in total. The van der Waals surface area contributed by atoms with Crippen molar-refractivity contribution in [3.8, 4) is 11.4 Å². The van der Waals surface area contributed by atoms with Crippen molar-refractivity contribution in [3.63, 3.8) is 0 Å². The molecular weight excluding hydrogens is 558 g/mol. The van der Waals surface area contributed by atoms with Crippen molar-refractivity contribution in [1.29, 1.82) is 0 Å². The Balaban J connectivity index is 1.48. The number of hydrogen-bond donors (Lipinski definition) is 3. The van der Waals surface area contributed by atoms with Gasteiger partial charge in [-0.3, -0.25) is 4.79 Å². The van der Waals surface area contributed by atoms with E-state index in [1.54, 1.807) is 36.3 Å². The van der Waals surface area contributed by atoms with Gasteiger partial charge < -0.3 is 14.5 Å². The van der Waals surface area contributed by atoms with Gasteiger partial charge in [0.25, 0.3) is 0 Å². The molecule has 0 fully saturated rings. The van der Waals surface area contributed by atoms with Gasteiger partial charge in [-0.2, -0.15) is 10.3 Å². The quantitative estimate of drug-likeness (QED) is 0.212. The molecule has 2 aromatic heterocycles. The zero-order valence-electron chi connectivity index (χ0n) is 23.2. The van der Waals surface area contributed by atoms with E-state index in [1.807, 2.05) is 56.3 Å². The SMILES string of the molecule is CC(C)[C@H](NS(=O)(=O)c1ccc([NH+]([O-])O)cc1)[C@H](Oc1ccc2c(cnn2-c2ccc(=O)n(C)c2)c1)c1ccccc1. The number of aryl methyl sites for hydroxylation is 1. The summed E-state index contributed by atoms with van der Waals surface area (Å²) < 4.78 is 39.4. The molecule has 3 atom stereocenters. The summed E-state index contributed by atoms with van der Waals surface area (Å²) in [6.07, 6.45) is 2.71. The number of sulfonamides is 1. The standard InChI is InChI=1S/C30H31N5O6S/c1-20(2)29(32-42(39,40)26-13-9-23(10-14-26)35(37)38)30(21-7-5-4-6-8-21)41-25-12-15-27-22(17-25)18-31-34(27)24-11-16-28(36)33(3)19-24/h4-20,29-30,32,35,37H,1-3H3/t29-,30+/m0/s1. The first-order valence-electron chi connectivity index (χ1n) is 13.3. The Hall–Kier alpha value is -4.33. The van der Waals surface area contributed by atoms with Crippen LogP contribution in [-0.2, 0) is 17.1 Å². The Bertz CT molecular complexity index is 1850. The molecule has 1 unspecified atom stereocenters. The highest BCUT2D eigenvalue weighted by Gasteiger charge is 2.32. The van der Waals surface area contributed by atoms with Crippen LogP contribution in [0.5, 0.6) is 5.75 Å². The number of aromatic nitrogens is 3. The van der Waals surface area contributed by atoms with Crippen LogP contribution in [0.25, 0.3) is 16.6 Å². The largest absolute Gasteiger partial charge is 0.595 e. The van der Waals surface area contributed by atoms with E-state index >= 15 is 0 Å². The number of quaternary nitrogens is 1. The summed E-state index contributed by atoms with van der Waals surface area (Å²) in [4.78, 5) is 11.8. The van der Waals surface area contributed by atoms with Gasteiger partial charge in [-0.05, 0) is 47.9 Å². The van der Waals surface area contributed by atoms with Crippen LogP contribution in [0.1, 0.15) is 25.5 Å². The second-order valence-corrected chi connectivity index (χ2v) is 12.0. The molecule has 12 heteroatoms. The average Bonchev–Trinajstić information content (AvgIpc) is 3.40. The topological polar surface area (TPSA) is 143 Å². The van der Waals surface area contributed by atoms with Gasteiger partial charge in [-0.25, -0.2) is 23.0 Å². The molecule has 42 heavy (non-hydrogen) atoms. The van der Waals surface area contributed by atoms with E-state index in [4.69, 9.17) is 4.74 Å². The number of nitrogens with zero attached hydrogens (tertiary/aromatic N) is 3. The maximum Gasteiger partial charge on any atom is 0.250 e. The summed E-state index contributed by atoms with van der Waals surface area (Å²) in [7, 11) is -2.34. The van der Waals surface area contributed by atoms with Crippen molar-refractivity contribution in [3.05, 3.63) is 118 Å². The fraction of sp³-hybridized carbons (Fsp3) is 0.200. The fourth-order valence-electron chi connectivity index (χ4n) is 4.70. The van der Waals surface area contributed by atoms with Crippen molar-refractivity contribution in [2.45, 2.75) is 30.9 Å². The van der Waals surface area contributed by atoms with E-state index in [0.29, 0.717) is 5.75 Å². The highest BCUT2D eigenvalue weighted by atomic mass is 32.2. The molecule has 0 bridgehead atoms.